The molecule has 1 fully saturated rings. The lowest BCUT2D eigenvalue weighted by Gasteiger charge is -2.04. The molecular weight excluding hydrogens is 399 g/mol. The molecular formula is C20H19ClFN4OS+. The highest BCUT2D eigenvalue weighted by molar-refractivity contribution is 7.99. The number of halogens is 2. The van der Waals surface area contributed by atoms with Gasteiger partial charge >= 0.3 is 0 Å². The van der Waals surface area contributed by atoms with Crippen LogP contribution in [0.25, 0.3) is 11.3 Å². The van der Waals surface area contributed by atoms with E-state index in [0.29, 0.717) is 5.02 Å². The third-order valence-electron chi connectivity index (χ3n) is 4.85. The molecule has 0 bridgehead atoms. The Kier molecular flexibility index (Phi) is 5.37. The van der Waals surface area contributed by atoms with E-state index in [0.717, 1.165) is 33.3 Å². The fourth-order valence-electron chi connectivity index (χ4n) is 3.28. The van der Waals surface area contributed by atoms with Gasteiger partial charge in [-0.05, 0) is 41.8 Å². The molecule has 28 heavy (non-hydrogen) atoms. The first kappa shape index (κ1) is 19.0. The molecule has 3 aromatic rings. The number of carbonyl (C=O) groups excluding carboxylic acids is 1. The second-order valence-corrected chi connectivity index (χ2v) is 8.17. The summed E-state index contributed by atoms with van der Waals surface area (Å²) >= 11 is 7.37. The molecule has 1 aliphatic rings. The van der Waals surface area contributed by atoms with Crippen LogP contribution in [0, 0.1) is 5.92 Å². The predicted octanol–water partition coefficient (Wildman–Crippen LogP) is 3.73. The average molecular weight is 418 g/mol. The van der Waals surface area contributed by atoms with Gasteiger partial charge in [-0.1, -0.05) is 35.9 Å². The van der Waals surface area contributed by atoms with E-state index in [4.69, 9.17) is 17.3 Å². The van der Waals surface area contributed by atoms with Gasteiger partial charge in [-0.2, -0.15) is 0 Å². The smallest absolute Gasteiger partial charge is 0.243 e. The summed E-state index contributed by atoms with van der Waals surface area (Å²) in [7, 11) is 0. The lowest BCUT2D eigenvalue weighted by atomic mass is 10.1. The minimum atomic E-state index is -0.460. The lowest BCUT2D eigenvalue weighted by molar-refractivity contribution is -0.729. The fourth-order valence-corrected chi connectivity index (χ4v) is 4.37. The highest BCUT2D eigenvalue weighted by Gasteiger charge is 2.42. The zero-order chi connectivity index (χ0) is 19.7. The van der Waals surface area contributed by atoms with E-state index in [2.05, 4.69) is 9.97 Å². The van der Waals surface area contributed by atoms with Crippen molar-refractivity contribution in [2.45, 2.75) is 28.9 Å². The van der Waals surface area contributed by atoms with Gasteiger partial charge in [-0.25, -0.2) is 18.9 Å². The first-order valence-corrected chi connectivity index (χ1v) is 10.1. The maximum Gasteiger partial charge on any atom is 0.243 e. The van der Waals surface area contributed by atoms with Gasteiger partial charge in [-0.15, -0.1) is 0 Å². The number of nitrogens with two attached hydrogens (primary N) is 1. The molecule has 2 atom stereocenters. The minimum absolute atomic E-state index is 0.0508. The van der Waals surface area contributed by atoms with Gasteiger partial charge in [0.1, 0.15) is 18.2 Å². The van der Waals surface area contributed by atoms with E-state index >= 15 is 0 Å². The van der Waals surface area contributed by atoms with Crippen molar-refractivity contribution in [1.82, 2.24) is 9.97 Å². The molecule has 0 spiro atoms. The molecule has 0 saturated heterocycles. The number of amides is 1. The lowest BCUT2D eigenvalue weighted by Crippen LogP contribution is -2.34. The molecule has 0 unspecified atom stereocenters. The van der Waals surface area contributed by atoms with Crippen molar-refractivity contribution >= 4 is 29.3 Å². The zero-order valence-corrected chi connectivity index (χ0v) is 16.5. The number of alkyl halides is 1. The molecule has 2 heterocycles. The van der Waals surface area contributed by atoms with Crippen molar-refractivity contribution in [3.8, 4) is 11.3 Å². The Morgan fingerprint density at radius 2 is 2.11 bits per heavy atom. The van der Waals surface area contributed by atoms with E-state index in [9.17, 15) is 9.18 Å². The van der Waals surface area contributed by atoms with Crippen molar-refractivity contribution in [3.63, 3.8) is 0 Å². The Morgan fingerprint density at radius 1 is 1.32 bits per heavy atom. The van der Waals surface area contributed by atoms with Crippen LogP contribution >= 0.6 is 23.4 Å². The monoisotopic (exact) mass is 417 g/mol. The highest BCUT2D eigenvalue weighted by Crippen LogP contribution is 2.47. The Balaban J connectivity index is 1.62. The van der Waals surface area contributed by atoms with Gasteiger partial charge < -0.3 is 5.73 Å². The van der Waals surface area contributed by atoms with E-state index in [1.54, 1.807) is 18.6 Å². The van der Waals surface area contributed by atoms with E-state index < -0.39 is 6.67 Å². The van der Waals surface area contributed by atoms with E-state index in [1.807, 2.05) is 34.9 Å². The summed E-state index contributed by atoms with van der Waals surface area (Å²) in [4.78, 5) is 18.9. The van der Waals surface area contributed by atoms with Gasteiger partial charge in [0.2, 0.25) is 17.3 Å². The Hall–Kier alpha value is -2.38. The van der Waals surface area contributed by atoms with Crippen molar-refractivity contribution in [2.75, 3.05) is 6.67 Å². The largest absolute Gasteiger partial charge is 0.369 e. The van der Waals surface area contributed by atoms with Crippen molar-refractivity contribution in [1.29, 1.82) is 0 Å². The molecule has 0 aliphatic heterocycles. The molecule has 0 radical (unpaired) electrons. The number of aromatic amines is 1. The fraction of sp³-hybridized carbons (Fsp3) is 0.250. The number of nitrogens with one attached hydrogen (secondary N) is 1. The number of benzene rings is 1. The van der Waals surface area contributed by atoms with Gasteiger partial charge in [-0.3, -0.25) is 4.79 Å². The normalized spacial score (nSPS) is 18.2. The number of rotatable bonds is 7. The number of imidazole rings is 1. The van der Waals surface area contributed by atoms with Crippen LogP contribution in [-0.4, -0.2) is 22.5 Å². The van der Waals surface area contributed by atoms with Crippen LogP contribution < -0.4 is 10.3 Å². The second-order valence-electron chi connectivity index (χ2n) is 6.73. The van der Waals surface area contributed by atoms with Crippen molar-refractivity contribution in [3.05, 3.63) is 59.5 Å². The Labute approximate surface area is 171 Å². The number of pyridine rings is 1. The van der Waals surface area contributed by atoms with Crippen LogP contribution in [-0.2, 0) is 11.3 Å². The topological polar surface area (TPSA) is 75.7 Å². The number of aromatic nitrogens is 3. The predicted molar refractivity (Wildman–Crippen MR) is 106 cm³/mol. The van der Waals surface area contributed by atoms with Gasteiger partial charge in [0.15, 0.2) is 5.69 Å². The van der Waals surface area contributed by atoms with Gasteiger partial charge in [0.25, 0.3) is 0 Å². The molecule has 1 aliphatic carbocycles. The van der Waals surface area contributed by atoms with Crippen LogP contribution in [0.15, 0.2) is 59.0 Å². The highest BCUT2D eigenvalue weighted by atomic mass is 35.5. The number of H-pyrrole nitrogens is 1. The molecule has 1 amide bonds. The summed E-state index contributed by atoms with van der Waals surface area (Å²) in [5, 5.41) is 2.22. The first-order chi connectivity index (χ1) is 13.6. The van der Waals surface area contributed by atoms with Crippen molar-refractivity contribution in [2.24, 2.45) is 11.7 Å². The summed E-state index contributed by atoms with van der Waals surface area (Å²) in [5.41, 5.74) is 8.37. The van der Waals surface area contributed by atoms with E-state index in [1.165, 1.54) is 11.8 Å². The number of aryl methyl sites for hydroxylation is 1. The van der Waals surface area contributed by atoms with Crippen LogP contribution in [0.5, 0.6) is 0 Å². The summed E-state index contributed by atoms with van der Waals surface area (Å²) < 4.78 is 14.8. The first-order valence-electron chi connectivity index (χ1n) is 8.92. The maximum absolute atomic E-state index is 13.0. The molecule has 4 rings (SSSR count). The summed E-state index contributed by atoms with van der Waals surface area (Å²) in [6.07, 6.45) is 4.18. The summed E-state index contributed by atoms with van der Waals surface area (Å²) in [6.45, 7) is -0.203. The number of hydrogen-bond acceptors (Lipinski definition) is 3. The van der Waals surface area contributed by atoms with Gasteiger partial charge in [0.05, 0.1) is 5.02 Å². The SMILES string of the molecule is NC(=O)[C@H]1C[C@@H]1c1ccc(-c2[nH]c[n+](CCF)c2Sc2ccc(Cl)cn2)cc1. The third kappa shape index (κ3) is 3.91. The number of nitrogens with zero attached hydrogens (tertiary/aromatic N) is 2. The molecule has 144 valence electrons. The number of carbonyl (C=O) groups is 1. The minimum Gasteiger partial charge on any atom is -0.369 e. The molecule has 8 heteroatoms. The standard InChI is InChI=1S/C20H18ClFN4OS/c21-14-5-6-17(24-10-14)28-20-18(25-11-26(20)8-7-22)13-3-1-12(2-4-13)15-9-16(15)19(23)27/h1-6,10-11,15-16H,7-9H2,(H2,23,27)/p+1/t15-,16+/m1/s1. The summed E-state index contributed by atoms with van der Waals surface area (Å²) in [6, 6.07) is 11.7. The Bertz CT molecular complexity index is 990. The van der Waals surface area contributed by atoms with Crippen molar-refractivity contribution < 1.29 is 13.8 Å². The number of hydrogen-bond donors (Lipinski definition) is 2. The van der Waals surface area contributed by atoms with Crippen LogP contribution in [0.1, 0.15) is 17.9 Å². The Morgan fingerprint density at radius 3 is 2.71 bits per heavy atom. The van der Waals surface area contributed by atoms with E-state index in [-0.39, 0.29) is 24.3 Å². The average Bonchev–Trinajstić information content (AvgIpc) is 3.41. The zero-order valence-electron chi connectivity index (χ0n) is 14.9. The van der Waals surface area contributed by atoms with Crippen LogP contribution in [0.3, 0.4) is 0 Å². The quantitative estimate of drug-likeness (QED) is 0.575. The molecule has 2 aromatic heterocycles. The third-order valence-corrected chi connectivity index (χ3v) is 6.16. The van der Waals surface area contributed by atoms with Crippen LogP contribution in [0.2, 0.25) is 5.02 Å². The van der Waals surface area contributed by atoms with Gasteiger partial charge in [0, 0.05) is 17.7 Å². The molecule has 3 N–H and O–H groups in total. The van der Waals surface area contributed by atoms with Crippen LogP contribution in [0.4, 0.5) is 4.39 Å². The number of primary amides is 1. The molecule has 1 saturated carbocycles. The molecule has 5 nitrogen and oxygen atoms in total. The second kappa shape index (κ2) is 7.93. The molecule has 1 aromatic carbocycles. The maximum atomic E-state index is 13.0. The summed E-state index contributed by atoms with van der Waals surface area (Å²) in [5.74, 6) is -0.0659.